The first-order valence-electron chi connectivity index (χ1n) is 31.7. The van der Waals surface area contributed by atoms with Crippen molar-refractivity contribution in [3.63, 3.8) is 0 Å². The number of ether oxygens (including phenoxy) is 3. The molecule has 0 aromatic carbocycles. The predicted octanol–water partition coefficient (Wildman–Crippen LogP) is 21.7. The number of unbranched alkanes of at least 4 members (excludes halogenated alkanes) is 30. The molecule has 1 atom stereocenters. The Bertz CT molecular complexity index is 1480. The Labute approximate surface area is 464 Å². The number of carbonyl (C=O) groups is 3. The minimum atomic E-state index is -0.804. The van der Waals surface area contributed by atoms with Crippen LogP contribution < -0.4 is 0 Å². The highest BCUT2D eigenvalue weighted by Crippen LogP contribution is 2.17. The summed E-state index contributed by atoms with van der Waals surface area (Å²) in [4.78, 5) is 38.2. The molecule has 6 nitrogen and oxygen atoms in total. The molecule has 0 aromatic rings. The third-order valence-corrected chi connectivity index (χ3v) is 13.6. The van der Waals surface area contributed by atoms with E-state index in [9.17, 15) is 14.4 Å². The van der Waals surface area contributed by atoms with E-state index in [1.54, 1.807) is 0 Å². The monoisotopic (exact) mass is 1040 g/mol. The molecular formula is C69H118O6. The van der Waals surface area contributed by atoms with E-state index in [0.717, 1.165) is 103 Å². The predicted molar refractivity (Wildman–Crippen MR) is 325 cm³/mol. The summed E-state index contributed by atoms with van der Waals surface area (Å²) in [6.45, 7) is 6.46. The molecule has 0 fully saturated rings. The number of rotatable bonds is 57. The summed E-state index contributed by atoms with van der Waals surface area (Å²) in [5.41, 5.74) is 0. The molecule has 0 spiro atoms. The Morgan fingerprint density at radius 2 is 0.547 bits per heavy atom. The van der Waals surface area contributed by atoms with Crippen molar-refractivity contribution < 1.29 is 28.6 Å². The third-order valence-electron chi connectivity index (χ3n) is 13.6. The summed E-state index contributed by atoms with van der Waals surface area (Å²) in [7, 11) is 0. The number of allylic oxidation sites excluding steroid dienone is 16. The first kappa shape index (κ1) is 71.3. The molecule has 6 heteroatoms. The summed E-state index contributed by atoms with van der Waals surface area (Å²) < 4.78 is 16.8. The van der Waals surface area contributed by atoms with E-state index in [1.807, 2.05) is 0 Å². The molecule has 0 heterocycles. The first-order chi connectivity index (χ1) is 37.0. The summed E-state index contributed by atoms with van der Waals surface area (Å²) in [5.74, 6) is -0.960. The molecule has 1 unspecified atom stereocenters. The van der Waals surface area contributed by atoms with Crippen LogP contribution in [0.2, 0.25) is 0 Å². The van der Waals surface area contributed by atoms with E-state index in [1.165, 1.54) is 154 Å². The number of hydrogen-bond acceptors (Lipinski definition) is 6. The SMILES string of the molecule is CC/C=C\C/C=C\C/C=C\C/C=C\C/C=C\C/C=C\C/C=C\CCCC(=O)OCC(COC(=O)CCCCCCC/C=C\CCCC)OC(=O)CCCCCCCCCCCCCCCCCCCCCCCCC. The smallest absolute Gasteiger partial charge is 0.306 e. The van der Waals surface area contributed by atoms with Gasteiger partial charge in [0.15, 0.2) is 6.10 Å². The van der Waals surface area contributed by atoms with Crippen LogP contribution in [0.25, 0.3) is 0 Å². The van der Waals surface area contributed by atoms with Crippen molar-refractivity contribution >= 4 is 17.9 Å². The molecule has 0 aliphatic carbocycles. The second kappa shape index (κ2) is 62.9. The Morgan fingerprint density at radius 1 is 0.280 bits per heavy atom. The summed E-state index contributed by atoms with van der Waals surface area (Å²) in [6.07, 6.45) is 84.3. The van der Waals surface area contributed by atoms with Crippen LogP contribution in [0.1, 0.15) is 303 Å². The van der Waals surface area contributed by atoms with Crippen molar-refractivity contribution in [3.8, 4) is 0 Å². The average molecular weight is 1040 g/mol. The van der Waals surface area contributed by atoms with Gasteiger partial charge in [-0.05, 0) is 89.9 Å². The largest absolute Gasteiger partial charge is 0.462 e. The maximum Gasteiger partial charge on any atom is 0.306 e. The fraction of sp³-hybridized carbons (Fsp3) is 0.725. The number of esters is 3. The van der Waals surface area contributed by atoms with E-state index < -0.39 is 6.10 Å². The van der Waals surface area contributed by atoms with E-state index in [0.29, 0.717) is 19.3 Å². The third kappa shape index (κ3) is 61.1. The van der Waals surface area contributed by atoms with Crippen LogP contribution in [-0.2, 0) is 28.6 Å². The molecule has 75 heavy (non-hydrogen) atoms. The molecule has 0 rings (SSSR count). The standard InChI is InChI=1S/C69H118O6/c1-4-7-10-13-16-19-22-24-26-28-30-32-34-36-38-40-42-44-47-50-53-56-59-62-68(71)74-65-66(64-73-67(70)61-58-55-52-49-46-21-18-15-12-9-6-3)75-69(72)63-60-57-54-51-48-45-43-41-39-37-35-33-31-29-27-25-23-20-17-14-11-8-5-2/h7,10,15-16,18-19,24,26,30,32,36,38,42,44,50,53,66H,4-6,8-9,11-14,17,20-23,25,27-29,31,33-35,37,39-41,43,45-49,51-52,54-65H2,1-3H3/b10-7-,18-15-,19-16-,26-24-,32-30-,38-36-,44-42-,53-50-. The molecule has 0 aliphatic heterocycles. The summed E-state index contributed by atoms with van der Waals surface area (Å²) in [6, 6.07) is 0. The second-order valence-electron chi connectivity index (χ2n) is 20.9. The van der Waals surface area contributed by atoms with E-state index in [4.69, 9.17) is 14.2 Å². The summed E-state index contributed by atoms with van der Waals surface area (Å²) in [5, 5.41) is 0. The van der Waals surface area contributed by atoms with Crippen molar-refractivity contribution in [2.45, 2.75) is 309 Å². The van der Waals surface area contributed by atoms with Crippen molar-refractivity contribution in [2.24, 2.45) is 0 Å². The highest BCUT2D eigenvalue weighted by molar-refractivity contribution is 5.71. The van der Waals surface area contributed by atoms with Gasteiger partial charge in [-0.2, -0.15) is 0 Å². The lowest BCUT2D eigenvalue weighted by Crippen LogP contribution is -2.30. The van der Waals surface area contributed by atoms with Crippen LogP contribution in [0.3, 0.4) is 0 Å². The van der Waals surface area contributed by atoms with Gasteiger partial charge in [-0.3, -0.25) is 14.4 Å². The summed E-state index contributed by atoms with van der Waals surface area (Å²) >= 11 is 0. The Morgan fingerprint density at radius 3 is 0.920 bits per heavy atom. The maximum atomic E-state index is 12.9. The lowest BCUT2D eigenvalue weighted by molar-refractivity contribution is -0.167. The van der Waals surface area contributed by atoms with Gasteiger partial charge in [-0.25, -0.2) is 0 Å². The average Bonchev–Trinajstić information content (AvgIpc) is 3.41. The zero-order valence-corrected chi connectivity index (χ0v) is 49.3. The Hall–Kier alpha value is -3.67. The van der Waals surface area contributed by atoms with Crippen LogP contribution in [0.5, 0.6) is 0 Å². The van der Waals surface area contributed by atoms with Gasteiger partial charge in [0.1, 0.15) is 13.2 Å². The zero-order chi connectivity index (χ0) is 54.3. The van der Waals surface area contributed by atoms with Gasteiger partial charge in [0.2, 0.25) is 0 Å². The second-order valence-corrected chi connectivity index (χ2v) is 20.9. The van der Waals surface area contributed by atoms with Crippen molar-refractivity contribution in [1.82, 2.24) is 0 Å². The maximum absolute atomic E-state index is 12.9. The van der Waals surface area contributed by atoms with Crippen LogP contribution in [0.15, 0.2) is 97.2 Å². The topological polar surface area (TPSA) is 78.9 Å². The minimum Gasteiger partial charge on any atom is -0.462 e. The van der Waals surface area contributed by atoms with Gasteiger partial charge in [-0.15, -0.1) is 0 Å². The molecule has 0 saturated heterocycles. The molecule has 0 radical (unpaired) electrons. The van der Waals surface area contributed by atoms with Crippen molar-refractivity contribution in [3.05, 3.63) is 97.2 Å². The lowest BCUT2D eigenvalue weighted by Gasteiger charge is -2.18. The van der Waals surface area contributed by atoms with Crippen LogP contribution in [0.4, 0.5) is 0 Å². The van der Waals surface area contributed by atoms with E-state index >= 15 is 0 Å². The fourth-order valence-electron chi connectivity index (χ4n) is 8.83. The highest BCUT2D eigenvalue weighted by atomic mass is 16.6. The van der Waals surface area contributed by atoms with Crippen LogP contribution in [-0.4, -0.2) is 37.2 Å². The van der Waals surface area contributed by atoms with Gasteiger partial charge in [0.05, 0.1) is 0 Å². The molecule has 0 bridgehead atoms. The van der Waals surface area contributed by atoms with Crippen molar-refractivity contribution in [2.75, 3.05) is 13.2 Å². The van der Waals surface area contributed by atoms with Gasteiger partial charge >= 0.3 is 17.9 Å². The molecular weight excluding hydrogens is 925 g/mol. The number of carbonyl (C=O) groups excluding carboxylic acids is 3. The quantitative estimate of drug-likeness (QED) is 0.0261. The van der Waals surface area contributed by atoms with E-state index in [2.05, 4.69) is 118 Å². The molecule has 0 amide bonds. The first-order valence-corrected chi connectivity index (χ1v) is 31.7. The Balaban J connectivity index is 4.37. The lowest BCUT2D eigenvalue weighted by atomic mass is 10.0. The molecule has 0 aliphatic rings. The zero-order valence-electron chi connectivity index (χ0n) is 49.3. The fourth-order valence-corrected chi connectivity index (χ4v) is 8.83. The minimum absolute atomic E-state index is 0.0983. The number of hydrogen-bond donors (Lipinski definition) is 0. The van der Waals surface area contributed by atoms with Gasteiger partial charge < -0.3 is 14.2 Å². The van der Waals surface area contributed by atoms with Crippen LogP contribution >= 0.6 is 0 Å². The highest BCUT2D eigenvalue weighted by Gasteiger charge is 2.19. The normalized spacial score (nSPS) is 12.7. The van der Waals surface area contributed by atoms with Gasteiger partial charge in [0, 0.05) is 19.3 Å². The van der Waals surface area contributed by atoms with Gasteiger partial charge in [-0.1, -0.05) is 291 Å². The molecule has 430 valence electrons. The van der Waals surface area contributed by atoms with E-state index in [-0.39, 0.29) is 37.5 Å². The molecule has 0 aromatic heterocycles. The molecule has 0 saturated carbocycles. The van der Waals surface area contributed by atoms with Gasteiger partial charge in [0.25, 0.3) is 0 Å². The van der Waals surface area contributed by atoms with Crippen LogP contribution in [0, 0.1) is 0 Å². The van der Waals surface area contributed by atoms with Crippen molar-refractivity contribution in [1.29, 1.82) is 0 Å². The Kier molecular flexibility index (Phi) is 59.8. The molecule has 0 N–H and O–H groups in total.